The summed E-state index contributed by atoms with van der Waals surface area (Å²) >= 11 is 0. The third-order valence-corrected chi connectivity index (χ3v) is 3.90. The van der Waals surface area contributed by atoms with Gasteiger partial charge in [-0.15, -0.1) is 12.4 Å². The van der Waals surface area contributed by atoms with Crippen LogP contribution in [0.15, 0.2) is 30.3 Å². The second kappa shape index (κ2) is 8.52. The molecule has 18 heavy (non-hydrogen) atoms. The van der Waals surface area contributed by atoms with Gasteiger partial charge in [-0.2, -0.15) is 0 Å². The van der Waals surface area contributed by atoms with E-state index in [4.69, 9.17) is 10.7 Å². The molecule has 102 valence electrons. The molecule has 0 radical (unpaired) electrons. The smallest absolute Gasteiger partial charge is 0.104 e. The van der Waals surface area contributed by atoms with Crippen LogP contribution in [0.5, 0.6) is 0 Å². The fraction of sp³-hybridized carbons (Fsp3) is 0.600. The van der Waals surface area contributed by atoms with Crippen LogP contribution in [0.25, 0.3) is 0 Å². The van der Waals surface area contributed by atoms with Crippen molar-refractivity contribution >= 4 is 12.4 Å². The Morgan fingerprint density at radius 1 is 1.11 bits per heavy atom. The number of nitrogens with two attached hydrogens (primary N) is 1. The number of benzene rings is 1. The Kier molecular flexibility index (Phi) is 7.33. The lowest BCUT2D eigenvalue weighted by atomic mass is 9.85. The monoisotopic (exact) mass is 269 g/mol. The van der Waals surface area contributed by atoms with Gasteiger partial charge in [0.05, 0.1) is 0 Å². The molecule has 0 aromatic heterocycles. The fourth-order valence-corrected chi connectivity index (χ4v) is 2.84. The summed E-state index contributed by atoms with van der Waals surface area (Å²) in [6.45, 7) is 0. The van der Waals surface area contributed by atoms with E-state index in [1.54, 1.807) is 0 Å². The highest BCUT2D eigenvalue weighted by Gasteiger charge is 2.17. The quantitative estimate of drug-likeness (QED) is 0.804. The molecular formula is C15H24ClNO. The highest BCUT2D eigenvalue weighted by atomic mass is 35.5. The Hall–Kier alpha value is -0.570. The van der Waals surface area contributed by atoms with Crippen LogP contribution >= 0.6 is 12.4 Å². The highest BCUT2D eigenvalue weighted by molar-refractivity contribution is 5.85. The van der Waals surface area contributed by atoms with Crippen LogP contribution < -0.4 is 5.90 Å². The Labute approximate surface area is 116 Å². The van der Waals surface area contributed by atoms with Crippen LogP contribution in [-0.4, -0.2) is 0 Å². The summed E-state index contributed by atoms with van der Waals surface area (Å²) in [7, 11) is 0. The molecule has 2 nitrogen and oxygen atoms in total. The predicted molar refractivity (Wildman–Crippen MR) is 77.5 cm³/mol. The molecule has 1 aliphatic carbocycles. The molecule has 0 saturated heterocycles. The van der Waals surface area contributed by atoms with E-state index in [-0.39, 0.29) is 18.5 Å². The lowest BCUT2D eigenvalue weighted by molar-refractivity contribution is 0.0405. The summed E-state index contributed by atoms with van der Waals surface area (Å²) < 4.78 is 0. The maximum absolute atomic E-state index is 5.42. The van der Waals surface area contributed by atoms with Crippen molar-refractivity contribution in [1.82, 2.24) is 0 Å². The summed E-state index contributed by atoms with van der Waals surface area (Å²) in [5, 5.41) is 0. The molecule has 1 unspecified atom stereocenters. The zero-order valence-electron chi connectivity index (χ0n) is 10.9. The van der Waals surface area contributed by atoms with Crippen molar-refractivity contribution in [2.24, 2.45) is 11.8 Å². The Bertz CT molecular complexity index is 312. The van der Waals surface area contributed by atoms with Crippen molar-refractivity contribution in [3.05, 3.63) is 35.9 Å². The molecule has 0 spiro atoms. The molecule has 0 heterocycles. The van der Waals surface area contributed by atoms with E-state index in [0.29, 0.717) is 0 Å². The Balaban J connectivity index is 0.00000162. The third kappa shape index (κ3) is 4.60. The first-order chi connectivity index (χ1) is 8.40. The maximum atomic E-state index is 5.42. The van der Waals surface area contributed by atoms with Crippen LogP contribution in [-0.2, 0) is 4.84 Å². The van der Waals surface area contributed by atoms with Gasteiger partial charge in [0.1, 0.15) is 6.10 Å². The topological polar surface area (TPSA) is 35.2 Å². The van der Waals surface area contributed by atoms with Gasteiger partial charge in [-0.1, -0.05) is 62.4 Å². The van der Waals surface area contributed by atoms with Gasteiger partial charge >= 0.3 is 0 Å². The highest BCUT2D eigenvalue weighted by Crippen LogP contribution is 2.31. The number of rotatable bonds is 5. The molecule has 2 rings (SSSR count). The SMILES string of the molecule is Cl.NOC(CCC1CCCCC1)c1ccccc1. The molecule has 0 aliphatic heterocycles. The Morgan fingerprint density at radius 2 is 1.78 bits per heavy atom. The van der Waals surface area contributed by atoms with Crippen molar-refractivity contribution in [3.8, 4) is 0 Å². The molecule has 1 aromatic carbocycles. The van der Waals surface area contributed by atoms with E-state index in [0.717, 1.165) is 12.3 Å². The molecule has 3 heteroatoms. The van der Waals surface area contributed by atoms with E-state index in [9.17, 15) is 0 Å². The van der Waals surface area contributed by atoms with E-state index in [1.807, 2.05) is 18.2 Å². The third-order valence-electron chi connectivity index (χ3n) is 3.90. The molecular weight excluding hydrogens is 246 g/mol. The van der Waals surface area contributed by atoms with Crippen LogP contribution in [0.4, 0.5) is 0 Å². The molecule has 1 aromatic rings. The van der Waals surface area contributed by atoms with E-state index in [2.05, 4.69) is 12.1 Å². The van der Waals surface area contributed by atoms with Gasteiger partial charge in [0, 0.05) is 0 Å². The van der Waals surface area contributed by atoms with Crippen molar-refractivity contribution in [1.29, 1.82) is 0 Å². The average molecular weight is 270 g/mol. The van der Waals surface area contributed by atoms with Gasteiger partial charge in [-0.05, 0) is 24.3 Å². The van der Waals surface area contributed by atoms with Gasteiger partial charge in [0.2, 0.25) is 0 Å². The van der Waals surface area contributed by atoms with Crippen LogP contribution in [0.3, 0.4) is 0 Å². The number of hydrogen-bond acceptors (Lipinski definition) is 2. The molecule has 1 saturated carbocycles. The summed E-state index contributed by atoms with van der Waals surface area (Å²) in [5.74, 6) is 6.31. The summed E-state index contributed by atoms with van der Waals surface area (Å²) in [5.41, 5.74) is 1.20. The Morgan fingerprint density at radius 3 is 2.39 bits per heavy atom. The largest absolute Gasteiger partial charge is 0.297 e. The summed E-state index contributed by atoms with van der Waals surface area (Å²) in [4.78, 5) is 5.13. The van der Waals surface area contributed by atoms with Crippen LogP contribution in [0.2, 0.25) is 0 Å². The first-order valence-corrected chi connectivity index (χ1v) is 6.80. The molecule has 1 fully saturated rings. The fourth-order valence-electron chi connectivity index (χ4n) is 2.84. The second-order valence-electron chi connectivity index (χ2n) is 5.12. The van der Waals surface area contributed by atoms with E-state index in [1.165, 1.54) is 44.1 Å². The molecule has 1 atom stereocenters. The van der Waals surface area contributed by atoms with Gasteiger partial charge in [-0.3, -0.25) is 4.84 Å². The minimum atomic E-state index is 0. The minimum Gasteiger partial charge on any atom is -0.297 e. The summed E-state index contributed by atoms with van der Waals surface area (Å²) in [6.07, 6.45) is 9.39. The zero-order valence-corrected chi connectivity index (χ0v) is 11.7. The first-order valence-electron chi connectivity index (χ1n) is 6.80. The lowest BCUT2D eigenvalue weighted by Crippen LogP contribution is -2.13. The standard InChI is InChI=1S/C15H23NO.ClH/c16-17-15(14-9-5-2-6-10-14)12-11-13-7-3-1-4-8-13;/h2,5-6,9-10,13,15H,1,3-4,7-8,11-12,16H2;1H. The van der Waals surface area contributed by atoms with Crippen molar-refractivity contribution in [2.45, 2.75) is 51.0 Å². The van der Waals surface area contributed by atoms with Crippen molar-refractivity contribution < 1.29 is 4.84 Å². The van der Waals surface area contributed by atoms with Gasteiger partial charge < -0.3 is 0 Å². The van der Waals surface area contributed by atoms with E-state index >= 15 is 0 Å². The van der Waals surface area contributed by atoms with E-state index < -0.39 is 0 Å². The number of halogens is 1. The normalized spacial score (nSPS) is 18.1. The van der Waals surface area contributed by atoms with Gasteiger partial charge in [-0.25, -0.2) is 5.90 Å². The summed E-state index contributed by atoms with van der Waals surface area (Å²) in [6, 6.07) is 10.3. The van der Waals surface area contributed by atoms with Crippen LogP contribution in [0.1, 0.15) is 56.6 Å². The molecule has 0 bridgehead atoms. The zero-order chi connectivity index (χ0) is 11.9. The minimum absolute atomic E-state index is 0. The second-order valence-corrected chi connectivity index (χ2v) is 5.12. The van der Waals surface area contributed by atoms with Gasteiger partial charge in [0.25, 0.3) is 0 Å². The molecule has 2 N–H and O–H groups in total. The predicted octanol–water partition coefficient (Wildman–Crippen LogP) is 4.40. The maximum Gasteiger partial charge on any atom is 0.104 e. The average Bonchev–Trinajstić information content (AvgIpc) is 2.42. The lowest BCUT2D eigenvalue weighted by Gasteiger charge is -2.23. The molecule has 1 aliphatic rings. The van der Waals surface area contributed by atoms with Gasteiger partial charge in [0.15, 0.2) is 0 Å². The first kappa shape index (κ1) is 15.5. The number of hydrogen-bond donors (Lipinski definition) is 1. The van der Waals surface area contributed by atoms with Crippen LogP contribution in [0, 0.1) is 5.92 Å². The van der Waals surface area contributed by atoms with Crippen molar-refractivity contribution in [2.75, 3.05) is 0 Å². The van der Waals surface area contributed by atoms with Crippen molar-refractivity contribution in [3.63, 3.8) is 0 Å². The molecule has 0 amide bonds.